The monoisotopic (exact) mass is 381 g/mol. The smallest absolute Gasteiger partial charge is 0.290 e. The molecule has 3 amide bonds. The van der Waals surface area contributed by atoms with Crippen LogP contribution in [0.3, 0.4) is 0 Å². The molecule has 0 saturated carbocycles. The van der Waals surface area contributed by atoms with Gasteiger partial charge in [-0.2, -0.15) is 0 Å². The summed E-state index contributed by atoms with van der Waals surface area (Å²) in [5.41, 5.74) is 0.733. The van der Waals surface area contributed by atoms with E-state index in [1.165, 1.54) is 6.26 Å². The summed E-state index contributed by atoms with van der Waals surface area (Å²) in [6.07, 6.45) is 4.03. The normalized spacial score (nSPS) is 14.3. The van der Waals surface area contributed by atoms with Gasteiger partial charge in [-0.25, -0.2) is 4.98 Å². The molecule has 0 atom stereocenters. The van der Waals surface area contributed by atoms with E-state index in [0.717, 1.165) is 6.41 Å². The summed E-state index contributed by atoms with van der Waals surface area (Å²) >= 11 is 0. The number of imidazole rings is 1. The summed E-state index contributed by atoms with van der Waals surface area (Å²) in [5.74, 6) is 0.154. The number of amides is 3. The number of carbonyl (C=O) groups is 3. The molecule has 1 aliphatic heterocycles. The van der Waals surface area contributed by atoms with Gasteiger partial charge in [0.05, 0.1) is 18.3 Å². The molecule has 3 aromatic rings. The van der Waals surface area contributed by atoms with Crippen molar-refractivity contribution in [1.29, 1.82) is 0 Å². The lowest BCUT2D eigenvalue weighted by molar-refractivity contribution is -0.119. The van der Waals surface area contributed by atoms with Crippen molar-refractivity contribution in [2.45, 2.75) is 6.54 Å². The minimum Gasteiger partial charge on any atom is -0.467 e. The number of carbonyl (C=O) groups excluding carboxylic acids is 3. The van der Waals surface area contributed by atoms with Crippen LogP contribution in [0.2, 0.25) is 0 Å². The molecule has 1 aliphatic rings. The lowest BCUT2D eigenvalue weighted by Crippen LogP contribution is -2.48. The minimum absolute atomic E-state index is 0.179. The number of aromatic nitrogens is 2. The maximum atomic E-state index is 13.0. The van der Waals surface area contributed by atoms with E-state index in [-0.39, 0.29) is 29.9 Å². The lowest BCUT2D eigenvalue weighted by atomic mass is 10.3. The number of hydrogen-bond donors (Lipinski definition) is 1. The molecular weight excluding hydrogens is 362 g/mol. The van der Waals surface area contributed by atoms with Gasteiger partial charge in [0.15, 0.2) is 5.69 Å². The Morgan fingerprint density at radius 1 is 1.14 bits per heavy atom. The van der Waals surface area contributed by atoms with Crippen LogP contribution in [0, 0.1) is 0 Å². The van der Waals surface area contributed by atoms with Crippen LogP contribution >= 0.6 is 0 Å². The molecule has 0 spiro atoms. The first-order valence-electron chi connectivity index (χ1n) is 8.93. The van der Waals surface area contributed by atoms with Gasteiger partial charge in [-0.3, -0.25) is 18.8 Å². The number of pyridine rings is 1. The molecule has 0 aliphatic carbocycles. The maximum absolute atomic E-state index is 13.0. The number of piperazine rings is 1. The predicted octanol–water partition coefficient (Wildman–Crippen LogP) is 0.771. The van der Waals surface area contributed by atoms with E-state index in [4.69, 9.17) is 4.42 Å². The second-order valence-electron chi connectivity index (χ2n) is 6.44. The van der Waals surface area contributed by atoms with Crippen molar-refractivity contribution >= 4 is 23.7 Å². The van der Waals surface area contributed by atoms with Gasteiger partial charge in [0, 0.05) is 32.4 Å². The Balaban J connectivity index is 1.58. The first-order chi connectivity index (χ1) is 13.7. The fourth-order valence-corrected chi connectivity index (χ4v) is 3.19. The second-order valence-corrected chi connectivity index (χ2v) is 6.44. The highest BCUT2D eigenvalue weighted by atomic mass is 16.3. The molecule has 4 heterocycles. The third-order valence-corrected chi connectivity index (χ3v) is 4.71. The summed E-state index contributed by atoms with van der Waals surface area (Å²) in [6, 6.07) is 8.82. The molecular formula is C19H19N5O4. The van der Waals surface area contributed by atoms with Crippen molar-refractivity contribution < 1.29 is 18.8 Å². The topological polar surface area (TPSA) is 100 Å². The van der Waals surface area contributed by atoms with Crippen LogP contribution in [-0.2, 0) is 11.3 Å². The van der Waals surface area contributed by atoms with Gasteiger partial charge < -0.3 is 19.5 Å². The van der Waals surface area contributed by atoms with Crippen LogP contribution in [0.15, 0.2) is 47.2 Å². The molecule has 144 valence electrons. The predicted molar refractivity (Wildman–Crippen MR) is 98.6 cm³/mol. The number of nitrogens with one attached hydrogen (secondary N) is 1. The zero-order chi connectivity index (χ0) is 19.5. The van der Waals surface area contributed by atoms with Crippen LogP contribution in [0.1, 0.15) is 26.9 Å². The fourth-order valence-electron chi connectivity index (χ4n) is 3.19. The Morgan fingerprint density at radius 3 is 2.68 bits per heavy atom. The van der Waals surface area contributed by atoms with Crippen LogP contribution in [0.25, 0.3) is 5.52 Å². The molecule has 9 heteroatoms. The maximum Gasteiger partial charge on any atom is 0.290 e. The quantitative estimate of drug-likeness (QED) is 0.658. The molecule has 9 nitrogen and oxygen atoms in total. The van der Waals surface area contributed by atoms with Crippen LogP contribution in [0.5, 0.6) is 0 Å². The van der Waals surface area contributed by atoms with Gasteiger partial charge in [0.25, 0.3) is 11.8 Å². The third-order valence-electron chi connectivity index (χ3n) is 4.71. The van der Waals surface area contributed by atoms with Gasteiger partial charge in [0.1, 0.15) is 5.76 Å². The van der Waals surface area contributed by atoms with Crippen molar-refractivity contribution in [3.8, 4) is 0 Å². The van der Waals surface area contributed by atoms with Gasteiger partial charge >= 0.3 is 0 Å². The molecule has 0 aromatic carbocycles. The Labute approximate surface area is 160 Å². The van der Waals surface area contributed by atoms with E-state index in [1.54, 1.807) is 50.7 Å². The zero-order valence-electron chi connectivity index (χ0n) is 15.1. The van der Waals surface area contributed by atoms with Crippen molar-refractivity contribution in [2.24, 2.45) is 0 Å². The van der Waals surface area contributed by atoms with Crippen molar-refractivity contribution in [2.75, 3.05) is 26.2 Å². The number of hydrogen-bond acceptors (Lipinski definition) is 5. The highest BCUT2D eigenvalue weighted by molar-refractivity contribution is 6.02. The Kier molecular flexibility index (Phi) is 4.79. The Hall–Kier alpha value is -3.62. The Morgan fingerprint density at radius 2 is 1.96 bits per heavy atom. The lowest BCUT2D eigenvalue weighted by Gasteiger charge is -2.32. The number of nitrogens with zero attached hydrogens (tertiary/aromatic N) is 4. The van der Waals surface area contributed by atoms with Gasteiger partial charge in [0.2, 0.25) is 12.2 Å². The van der Waals surface area contributed by atoms with E-state index in [1.807, 2.05) is 0 Å². The summed E-state index contributed by atoms with van der Waals surface area (Å²) in [5, 5.41) is 2.76. The molecule has 0 radical (unpaired) electrons. The third kappa shape index (κ3) is 3.34. The zero-order valence-corrected chi connectivity index (χ0v) is 15.1. The highest BCUT2D eigenvalue weighted by Gasteiger charge is 2.27. The minimum atomic E-state index is -0.384. The van der Waals surface area contributed by atoms with E-state index in [9.17, 15) is 14.4 Å². The average molecular weight is 381 g/mol. The van der Waals surface area contributed by atoms with Gasteiger partial charge in [-0.15, -0.1) is 0 Å². The van der Waals surface area contributed by atoms with E-state index in [2.05, 4.69) is 10.3 Å². The largest absolute Gasteiger partial charge is 0.467 e. The summed E-state index contributed by atoms with van der Waals surface area (Å²) in [7, 11) is 0. The SMILES string of the molecule is O=CN1CCN(C(=O)c2nc(C(=O)NCc3ccco3)c3ccccn23)CC1. The average Bonchev–Trinajstić information content (AvgIpc) is 3.39. The fraction of sp³-hybridized carbons (Fsp3) is 0.263. The number of furan rings is 1. The number of rotatable bonds is 5. The molecule has 0 bridgehead atoms. The molecule has 1 N–H and O–H groups in total. The van der Waals surface area contributed by atoms with Gasteiger partial charge in [-0.05, 0) is 24.3 Å². The molecule has 1 fully saturated rings. The van der Waals surface area contributed by atoms with Crippen molar-refractivity contribution in [1.82, 2.24) is 24.5 Å². The summed E-state index contributed by atoms with van der Waals surface area (Å²) < 4.78 is 6.84. The van der Waals surface area contributed by atoms with Crippen molar-refractivity contribution in [3.63, 3.8) is 0 Å². The second kappa shape index (κ2) is 7.55. The number of fused-ring (bicyclic) bond motifs is 1. The van der Waals surface area contributed by atoms with E-state index >= 15 is 0 Å². The molecule has 3 aromatic heterocycles. The Bertz CT molecular complexity index is 1000. The first-order valence-corrected chi connectivity index (χ1v) is 8.93. The molecule has 0 unspecified atom stereocenters. The van der Waals surface area contributed by atoms with Crippen molar-refractivity contribution in [3.05, 3.63) is 60.1 Å². The van der Waals surface area contributed by atoms with E-state index in [0.29, 0.717) is 37.5 Å². The first kappa shape index (κ1) is 17.8. The van der Waals surface area contributed by atoms with E-state index < -0.39 is 0 Å². The highest BCUT2D eigenvalue weighted by Crippen LogP contribution is 2.16. The van der Waals surface area contributed by atoms with Gasteiger partial charge in [-0.1, -0.05) is 6.07 Å². The molecule has 4 rings (SSSR count). The summed E-state index contributed by atoms with van der Waals surface area (Å²) in [4.78, 5) is 44.1. The van der Waals surface area contributed by atoms with Crippen LogP contribution in [0.4, 0.5) is 0 Å². The molecule has 28 heavy (non-hydrogen) atoms. The summed E-state index contributed by atoms with van der Waals surface area (Å²) in [6.45, 7) is 2.05. The standard InChI is InChI=1S/C19H19N5O4/c25-13-22-7-9-23(10-8-22)19(27)17-21-16(15-5-1-2-6-24(15)17)18(26)20-12-14-4-3-11-28-14/h1-6,11,13H,7-10,12H2,(H,20,26). The van der Waals surface area contributed by atoms with Crippen LogP contribution in [-0.4, -0.2) is 63.6 Å². The van der Waals surface area contributed by atoms with Crippen LogP contribution < -0.4 is 5.32 Å². The molecule has 1 saturated heterocycles.